The molecule has 1 unspecified atom stereocenters. The van der Waals surface area contributed by atoms with Gasteiger partial charge < -0.3 is 15.4 Å². The van der Waals surface area contributed by atoms with Gasteiger partial charge in [0.05, 0.1) is 25.3 Å². The first-order valence-corrected chi connectivity index (χ1v) is 10.1. The van der Waals surface area contributed by atoms with Crippen LogP contribution in [0.1, 0.15) is 43.0 Å². The van der Waals surface area contributed by atoms with E-state index in [4.69, 9.17) is 4.74 Å². The highest BCUT2D eigenvalue weighted by molar-refractivity contribution is 5.94. The van der Waals surface area contributed by atoms with Crippen molar-refractivity contribution in [2.45, 2.75) is 50.2 Å². The van der Waals surface area contributed by atoms with Crippen LogP contribution in [-0.2, 0) is 9.53 Å². The van der Waals surface area contributed by atoms with Crippen LogP contribution >= 0.6 is 0 Å². The van der Waals surface area contributed by atoms with E-state index in [0.29, 0.717) is 49.9 Å². The summed E-state index contributed by atoms with van der Waals surface area (Å²) in [6.45, 7) is 4.21. The molecule has 6 nitrogen and oxygen atoms in total. The van der Waals surface area contributed by atoms with Crippen molar-refractivity contribution in [1.29, 1.82) is 0 Å². The molecule has 152 valence electrons. The summed E-state index contributed by atoms with van der Waals surface area (Å²) < 4.78 is 18.5. The van der Waals surface area contributed by atoms with E-state index in [9.17, 15) is 14.0 Å². The number of fused-ring (bicyclic) bond motifs is 2. The highest BCUT2D eigenvalue weighted by Gasteiger charge is 2.42. The molecule has 3 fully saturated rings. The Bertz CT molecular complexity index is 738. The second kappa shape index (κ2) is 7.79. The number of halogens is 1. The summed E-state index contributed by atoms with van der Waals surface area (Å²) in [5.74, 6) is -0.170. The number of carbonyl (C=O) groups is 2. The number of nitrogens with zero attached hydrogens (tertiary/aromatic N) is 1. The van der Waals surface area contributed by atoms with Crippen LogP contribution in [0.4, 0.5) is 4.39 Å². The zero-order valence-corrected chi connectivity index (χ0v) is 16.2. The first-order valence-electron chi connectivity index (χ1n) is 10.1. The third-order valence-corrected chi connectivity index (χ3v) is 6.23. The van der Waals surface area contributed by atoms with Gasteiger partial charge in [0.1, 0.15) is 5.82 Å². The Morgan fingerprint density at radius 2 is 1.96 bits per heavy atom. The molecule has 4 rings (SSSR count). The van der Waals surface area contributed by atoms with Crippen LogP contribution in [0.2, 0.25) is 0 Å². The van der Waals surface area contributed by atoms with E-state index in [-0.39, 0.29) is 17.4 Å². The third kappa shape index (κ3) is 4.20. The molecule has 1 aromatic rings. The summed E-state index contributed by atoms with van der Waals surface area (Å²) in [5.41, 5.74) is 0.140. The normalized spacial score (nSPS) is 28.4. The molecule has 3 heterocycles. The molecule has 1 aromatic carbocycles. The quantitative estimate of drug-likeness (QED) is 0.777. The summed E-state index contributed by atoms with van der Waals surface area (Å²) >= 11 is 0. The summed E-state index contributed by atoms with van der Waals surface area (Å²) in [5, 5.41) is 6.04. The lowest BCUT2D eigenvalue weighted by Crippen LogP contribution is -2.62. The molecule has 3 atom stereocenters. The number of rotatable bonds is 6. The highest BCUT2D eigenvalue weighted by Crippen LogP contribution is 2.38. The molecule has 0 saturated carbocycles. The largest absolute Gasteiger partial charge is 0.376 e. The first-order chi connectivity index (χ1) is 13.4. The highest BCUT2D eigenvalue weighted by atomic mass is 19.1. The van der Waals surface area contributed by atoms with Crippen molar-refractivity contribution in [3.8, 4) is 0 Å². The number of hydrogen-bond acceptors (Lipinski definition) is 4. The van der Waals surface area contributed by atoms with E-state index in [1.807, 2.05) is 6.92 Å². The van der Waals surface area contributed by atoms with Gasteiger partial charge in [0.25, 0.3) is 5.91 Å². The number of hydrogen-bond donors (Lipinski definition) is 2. The number of piperidine rings is 1. The predicted molar refractivity (Wildman–Crippen MR) is 102 cm³/mol. The van der Waals surface area contributed by atoms with Gasteiger partial charge in [0.15, 0.2) is 0 Å². The zero-order valence-electron chi connectivity index (χ0n) is 16.2. The Kier molecular flexibility index (Phi) is 5.38. The molecule has 3 saturated heterocycles. The lowest BCUT2D eigenvalue weighted by atomic mass is 9.90. The summed E-state index contributed by atoms with van der Waals surface area (Å²) in [6.07, 6.45) is 4.17. The Hall–Kier alpha value is -1.99. The van der Waals surface area contributed by atoms with Crippen LogP contribution < -0.4 is 10.6 Å². The topological polar surface area (TPSA) is 70.7 Å². The SMILES string of the molecule is CC1(NC(=O)CN2C3CC[C@@H]2C[C@@H](CNC(=O)c2cccc(F)c2)C3)COC1. The van der Waals surface area contributed by atoms with Crippen LogP contribution in [-0.4, -0.2) is 60.6 Å². The predicted octanol–water partition coefficient (Wildman–Crippen LogP) is 1.70. The van der Waals surface area contributed by atoms with E-state index in [1.54, 1.807) is 12.1 Å². The van der Waals surface area contributed by atoms with Gasteiger partial charge in [-0.3, -0.25) is 14.5 Å². The average Bonchev–Trinajstić information content (AvgIpc) is 2.87. The van der Waals surface area contributed by atoms with Crippen molar-refractivity contribution in [2.24, 2.45) is 5.92 Å². The number of nitrogens with one attached hydrogen (secondary N) is 2. The minimum Gasteiger partial charge on any atom is -0.376 e. The maximum Gasteiger partial charge on any atom is 0.251 e. The van der Waals surface area contributed by atoms with E-state index in [1.165, 1.54) is 12.1 Å². The van der Waals surface area contributed by atoms with Crippen LogP contribution in [0, 0.1) is 11.7 Å². The van der Waals surface area contributed by atoms with Crippen molar-refractivity contribution in [3.05, 3.63) is 35.6 Å². The molecule has 0 spiro atoms. The van der Waals surface area contributed by atoms with Gasteiger partial charge in [0, 0.05) is 24.2 Å². The summed E-state index contributed by atoms with van der Waals surface area (Å²) in [4.78, 5) is 27.0. The van der Waals surface area contributed by atoms with Crippen LogP contribution in [0.3, 0.4) is 0 Å². The Balaban J connectivity index is 1.26. The molecule has 2 N–H and O–H groups in total. The maximum absolute atomic E-state index is 13.3. The van der Waals surface area contributed by atoms with Crippen molar-refractivity contribution in [1.82, 2.24) is 15.5 Å². The van der Waals surface area contributed by atoms with Crippen molar-refractivity contribution < 1.29 is 18.7 Å². The van der Waals surface area contributed by atoms with Crippen LogP contribution in [0.15, 0.2) is 24.3 Å². The average molecular weight is 389 g/mol. The van der Waals surface area contributed by atoms with E-state index >= 15 is 0 Å². The molecule has 2 bridgehead atoms. The Labute approximate surface area is 164 Å². The Morgan fingerprint density at radius 3 is 2.57 bits per heavy atom. The molecule has 7 heteroatoms. The number of ether oxygens (including phenoxy) is 1. The molecule has 0 aromatic heterocycles. The van der Waals surface area contributed by atoms with Gasteiger partial charge >= 0.3 is 0 Å². The molecular formula is C21H28FN3O3. The first kappa shape index (κ1) is 19.3. The number of benzene rings is 1. The van der Waals surface area contributed by atoms with Crippen molar-refractivity contribution >= 4 is 11.8 Å². The van der Waals surface area contributed by atoms with Gasteiger partial charge in [-0.15, -0.1) is 0 Å². The van der Waals surface area contributed by atoms with Crippen LogP contribution in [0.5, 0.6) is 0 Å². The number of amides is 2. The van der Waals surface area contributed by atoms with Crippen LogP contribution in [0.25, 0.3) is 0 Å². The van der Waals surface area contributed by atoms with Gasteiger partial charge in [-0.25, -0.2) is 4.39 Å². The minimum absolute atomic E-state index is 0.0700. The molecular weight excluding hydrogens is 361 g/mol. The van der Waals surface area contributed by atoms with E-state index < -0.39 is 5.82 Å². The fourth-order valence-corrected chi connectivity index (χ4v) is 4.80. The molecule has 28 heavy (non-hydrogen) atoms. The zero-order chi connectivity index (χ0) is 19.7. The van der Waals surface area contributed by atoms with Crippen molar-refractivity contribution in [3.63, 3.8) is 0 Å². The standard InChI is InChI=1S/C21H28FN3O3/c1-21(12-28-13-21)24-19(26)11-25-17-5-6-18(25)8-14(7-17)10-23-20(27)15-3-2-4-16(22)9-15/h2-4,9,14,17-18H,5-8,10-13H2,1H3,(H,23,27)(H,24,26)/t14-,17-,18?/m1/s1. The van der Waals surface area contributed by atoms with Gasteiger partial charge in [-0.1, -0.05) is 6.07 Å². The number of carbonyl (C=O) groups excluding carboxylic acids is 2. The summed E-state index contributed by atoms with van der Waals surface area (Å²) in [6, 6.07) is 6.55. The monoisotopic (exact) mass is 389 g/mol. The minimum atomic E-state index is -0.403. The van der Waals surface area contributed by atoms with E-state index in [0.717, 1.165) is 25.7 Å². The lowest BCUT2D eigenvalue weighted by Gasteiger charge is -2.41. The molecule has 0 aliphatic carbocycles. The third-order valence-electron chi connectivity index (χ3n) is 6.23. The molecule has 0 radical (unpaired) electrons. The van der Waals surface area contributed by atoms with Gasteiger partial charge in [-0.2, -0.15) is 0 Å². The Morgan fingerprint density at radius 1 is 1.25 bits per heavy atom. The molecule has 3 aliphatic rings. The molecule has 2 amide bonds. The molecule has 3 aliphatic heterocycles. The fourth-order valence-electron chi connectivity index (χ4n) is 4.80. The smallest absolute Gasteiger partial charge is 0.251 e. The maximum atomic E-state index is 13.3. The lowest BCUT2D eigenvalue weighted by molar-refractivity contribution is -0.133. The van der Waals surface area contributed by atoms with Gasteiger partial charge in [-0.05, 0) is 56.7 Å². The summed E-state index contributed by atoms with van der Waals surface area (Å²) in [7, 11) is 0. The van der Waals surface area contributed by atoms with E-state index in [2.05, 4.69) is 15.5 Å². The van der Waals surface area contributed by atoms with Gasteiger partial charge in [0.2, 0.25) is 5.91 Å². The fraction of sp³-hybridized carbons (Fsp3) is 0.619. The second-order valence-corrected chi connectivity index (χ2v) is 8.72. The second-order valence-electron chi connectivity index (χ2n) is 8.72. The van der Waals surface area contributed by atoms with Crippen molar-refractivity contribution in [2.75, 3.05) is 26.3 Å².